The van der Waals surface area contributed by atoms with Gasteiger partial charge in [0.05, 0.1) is 11.4 Å². The highest BCUT2D eigenvalue weighted by molar-refractivity contribution is 7.89. The Hall–Kier alpha value is -0.920. The van der Waals surface area contributed by atoms with Crippen LogP contribution in [0.5, 0.6) is 0 Å². The first kappa shape index (κ1) is 13.5. The third-order valence-corrected chi connectivity index (χ3v) is 5.32. The zero-order chi connectivity index (χ0) is 13.2. The molecule has 1 fully saturated rings. The number of aromatic nitrogens is 2. The fourth-order valence-electron chi connectivity index (χ4n) is 2.33. The smallest absolute Gasteiger partial charge is 0.246 e. The lowest BCUT2D eigenvalue weighted by molar-refractivity contribution is 0.346. The first-order valence-electron chi connectivity index (χ1n) is 6.26. The molecule has 2 N–H and O–H groups in total. The van der Waals surface area contributed by atoms with Gasteiger partial charge in [0.25, 0.3) is 0 Å². The van der Waals surface area contributed by atoms with Crippen LogP contribution < -0.4 is 5.32 Å². The van der Waals surface area contributed by atoms with Crippen molar-refractivity contribution < 1.29 is 8.42 Å². The quantitative estimate of drug-likeness (QED) is 0.842. The standard InChI is InChI=1S/C11H20N4O2S/c1-9-11(10(8-12-2)14-13-9)18(16,17)15-6-4-3-5-7-15/h12H,3-8H2,1-2H3,(H,13,14). The Labute approximate surface area is 108 Å². The van der Waals surface area contributed by atoms with Gasteiger partial charge in [0.1, 0.15) is 4.90 Å². The number of sulfonamides is 1. The van der Waals surface area contributed by atoms with Gasteiger partial charge in [-0.05, 0) is 26.8 Å². The van der Waals surface area contributed by atoms with Gasteiger partial charge in [-0.3, -0.25) is 5.10 Å². The van der Waals surface area contributed by atoms with E-state index in [0.717, 1.165) is 19.3 Å². The van der Waals surface area contributed by atoms with Crippen molar-refractivity contribution in [3.63, 3.8) is 0 Å². The molecule has 0 saturated carbocycles. The summed E-state index contributed by atoms with van der Waals surface area (Å²) in [7, 11) is -1.62. The van der Waals surface area contributed by atoms with Crippen LogP contribution in [0.2, 0.25) is 0 Å². The van der Waals surface area contributed by atoms with Crippen LogP contribution in [0, 0.1) is 6.92 Å². The van der Waals surface area contributed by atoms with E-state index >= 15 is 0 Å². The molecule has 1 aromatic rings. The lowest BCUT2D eigenvalue weighted by Gasteiger charge is -2.26. The van der Waals surface area contributed by atoms with Gasteiger partial charge < -0.3 is 5.32 Å². The minimum Gasteiger partial charge on any atom is -0.314 e. The van der Waals surface area contributed by atoms with Gasteiger partial charge >= 0.3 is 0 Å². The topological polar surface area (TPSA) is 78.1 Å². The van der Waals surface area contributed by atoms with Crippen molar-refractivity contribution in [2.45, 2.75) is 37.6 Å². The molecule has 0 aromatic carbocycles. The number of hydrogen-bond acceptors (Lipinski definition) is 4. The first-order valence-corrected chi connectivity index (χ1v) is 7.70. The Morgan fingerprint density at radius 2 is 2.00 bits per heavy atom. The van der Waals surface area contributed by atoms with Gasteiger partial charge in [-0.2, -0.15) is 9.40 Å². The predicted molar refractivity (Wildman–Crippen MR) is 68.7 cm³/mol. The zero-order valence-corrected chi connectivity index (χ0v) is 11.7. The highest BCUT2D eigenvalue weighted by Gasteiger charge is 2.31. The summed E-state index contributed by atoms with van der Waals surface area (Å²) in [5.41, 5.74) is 1.19. The Kier molecular flexibility index (Phi) is 4.04. The maximum Gasteiger partial charge on any atom is 0.246 e. The predicted octanol–water partition coefficient (Wildman–Crippen LogP) is 0.612. The SMILES string of the molecule is CNCc1n[nH]c(C)c1S(=O)(=O)N1CCCCC1. The molecule has 7 heteroatoms. The van der Waals surface area contributed by atoms with E-state index in [9.17, 15) is 8.42 Å². The average Bonchev–Trinajstić information content (AvgIpc) is 2.73. The molecule has 0 bridgehead atoms. The molecule has 1 saturated heterocycles. The van der Waals surface area contributed by atoms with Gasteiger partial charge in [0.2, 0.25) is 10.0 Å². The number of nitrogens with one attached hydrogen (secondary N) is 2. The molecule has 6 nitrogen and oxygen atoms in total. The lowest BCUT2D eigenvalue weighted by atomic mass is 10.2. The largest absolute Gasteiger partial charge is 0.314 e. The van der Waals surface area contributed by atoms with Gasteiger partial charge in [-0.1, -0.05) is 6.42 Å². The van der Waals surface area contributed by atoms with Gasteiger partial charge in [-0.25, -0.2) is 8.42 Å². The van der Waals surface area contributed by atoms with Crippen LogP contribution in [0.4, 0.5) is 0 Å². The molecule has 2 heterocycles. The van der Waals surface area contributed by atoms with Gasteiger partial charge in [0, 0.05) is 19.6 Å². The maximum atomic E-state index is 12.6. The summed E-state index contributed by atoms with van der Waals surface area (Å²) in [6, 6.07) is 0. The summed E-state index contributed by atoms with van der Waals surface area (Å²) in [6.45, 7) is 3.44. The monoisotopic (exact) mass is 272 g/mol. The number of aromatic amines is 1. The molecule has 0 radical (unpaired) electrons. The van der Waals surface area contributed by atoms with E-state index < -0.39 is 10.0 Å². The third kappa shape index (κ3) is 2.43. The molecule has 0 unspecified atom stereocenters. The molecule has 102 valence electrons. The number of hydrogen-bond donors (Lipinski definition) is 2. The summed E-state index contributed by atoms with van der Waals surface area (Å²) < 4.78 is 26.8. The molecule has 0 spiro atoms. The fourth-order valence-corrected chi connectivity index (χ4v) is 4.18. The summed E-state index contributed by atoms with van der Waals surface area (Å²) in [4.78, 5) is 0.346. The number of H-pyrrole nitrogens is 1. The number of aryl methyl sites for hydroxylation is 1. The van der Waals surface area contributed by atoms with Crippen molar-refractivity contribution in [3.8, 4) is 0 Å². The summed E-state index contributed by atoms with van der Waals surface area (Å²) >= 11 is 0. The number of piperidine rings is 1. The molecule has 1 aliphatic heterocycles. The van der Waals surface area contributed by atoms with Crippen molar-refractivity contribution in [2.75, 3.05) is 20.1 Å². The first-order chi connectivity index (χ1) is 8.57. The molecule has 2 rings (SSSR count). The Bertz CT molecular complexity index is 503. The molecule has 1 aliphatic rings. The van der Waals surface area contributed by atoms with Crippen molar-refractivity contribution in [3.05, 3.63) is 11.4 Å². The van der Waals surface area contributed by atoms with Crippen molar-refractivity contribution >= 4 is 10.0 Å². The van der Waals surface area contributed by atoms with Crippen LogP contribution >= 0.6 is 0 Å². The summed E-state index contributed by atoms with van der Waals surface area (Å²) in [5.74, 6) is 0. The second-order valence-corrected chi connectivity index (χ2v) is 6.49. The third-order valence-electron chi connectivity index (χ3n) is 3.22. The molecule has 18 heavy (non-hydrogen) atoms. The van der Waals surface area contributed by atoms with Crippen molar-refractivity contribution in [2.24, 2.45) is 0 Å². The zero-order valence-electron chi connectivity index (χ0n) is 10.9. The van der Waals surface area contributed by atoms with Crippen LogP contribution in [-0.2, 0) is 16.6 Å². The maximum absolute atomic E-state index is 12.6. The lowest BCUT2D eigenvalue weighted by Crippen LogP contribution is -2.36. The normalized spacial score (nSPS) is 18.1. The molecule has 0 amide bonds. The second kappa shape index (κ2) is 5.38. The number of nitrogens with zero attached hydrogens (tertiary/aromatic N) is 2. The highest BCUT2D eigenvalue weighted by atomic mass is 32.2. The molecular weight excluding hydrogens is 252 g/mol. The van der Waals surface area contributed by atoms with Crippen LogP contribution in [-0.4, -0.2) is 43.1 Å². The Balaban J connectivity index is 2.36. The van der Waals surface area contributed by atoms with E-state index in [0.29, 0.717) is 35.9 Å². The second-order valence-electron chi connectivity index (χ2n) is 4.62. The van der Waals surface area contributed by atoms with Crippen LogP contribution in [0.1, 0.15) is 30.7 Å². The van der Waals surface area contributed by atoms with E-state index in [1.807, 2.05) is 0 Å². The average molecular weight is 272 g/mol. The van der Waals surface area contributed by atoms with E-state index in [4.69, 9.17) is 0 Å². The molecule has 0 atom stereocenters. The van der Waals surface area contributed by atoms with E-state index in [2.05, 4.69) is 15.5 Å². The van der Waals surface area contributed by atoms with Crippen LogP contribution in [0.3, 0.4) is 0 Å². The number of rotatable bonds is 4. The van der Waals surface area contributed by atoms with Gasteiger partial charge in [0.15, 0.2) is 0 Å². The van der Waals surface area contributed by atoms with Crippen LogP contribution in [0.15, 0.2) is 4.90 Å². The van der Waals surface area contributed by atoms with E-state index in [-0.39, 0.29) is 0 Å². The molecule has 1 aromatic heterocycles. The summed E-state index contributed by atoms with van der Waals surface area (Å²) in [5, 5.41) is 9.79. The van der Waals surface area contributed by atoms with Crippen molar-refractivity contribution in [1.29, 1.82) is 0 Å². The fraction of sp³-hybridized carbons (Fsp3) is 0.727. The Morgan fingerprint density at radius 1 is 1.33 bits per heavy atom. The highest BCUT2D eigenvalue weighted by Crippen LogP contribution is 2.24. The van der Waals surface area contributed by atoms with Crippen LogP contribution in [0.25, 0.3) is 0 Å². The summed E-state index contributed by atoms with van der Waals surface area (Å²) in [6.07, 6.45) is 2.99. The minimum absolute atomic E-state index is 0.346. The van der Waals surface area contributed by atoms with Gasteiger partial charge in [-0.15, -0.1) is 0 Å². The Morgan fingerprint density at radius 3 is 2.61 bits per heavy atom. The molecule has 0 aliphatic carbocycles. The van der Waals surface area contributed by atoms with Crippen molar-refractivity contribution in [1.82, 2.24) is 19.8 Å². The molecular formula is C11H20N4O2S. The van der Waals surface area contributed by atoms with E-state index in [1.54, 1.807) is 18.3 Å². The van der Waals surface area contributed by atoms with E-state index in [1.165, 1.54) is 0 Å². The minimum atomic E-state index is -3.40.